The van der Waals surface area contributed by atoms with Crippen LogP contribution in [0, 0.1) is 0 Å². The topological polar surface area (TPSA) is 74.2 Å². The predicted molar refractivity (Wildman–Crippen MR) is 120 cm³/mol. The Morgan fingerprint density at radius 3 is 2.60 bits per heavy atom. The molecule has 2 amide bonds. The number of nitrogens with zero attached hydrogens (tertiary/aromatic N) is 3. The molecule has 0 unspecified atom stereocenters. The molecule has 9 heteroatoms. The van der Waals surface area contributed by atoms with Gasteiger partial charge in [0.2, 0.25) is 0 Å². The van der Waals surface area contributed by atoms with Crippen LogP contribution in [-0.2, 0) is 4.74 Å². The number of halogens is 1. The van der Waals surface area contributed by atoms with Crippen LogP contribution in [0.2, 0.25) is 4.34 Å². The van der Waals surface area contributed by atoms with Gasteiger partial charge in [0.15, 0.2) is 0 Å². The summed E-state index contributed by atoms with van der Waals surface area (Å²) < 4.78 is 5.96. The summed E-state index contributed by atoms with van der Waals surface area (Å²) in [7, 11) is 0. The second-order valence-corrected chi connectivity index (χ2v) is 8.80. The molecule has 2 aliphatic rings. The molecule has 0 bridgehead atoms. The summed E-state index contributed by atoms with van der Waals surface area (Å²) in [5, 5.41) is 2.79. The molecule has 2 aromatic rings. The quantitative estimate of drug-likeness (QED) is 0.732. The van der Waals surface area contributed by atoms with Crippen molar-refractivity contribution in [2.24, 2.45) is 4.99 Å². The van der Waals surface area contributed by atoms with E-state index in [-0.39, 0.29) is 12.5 Å². The monoisotopic (exact) mass is 444 g/mol. The Kier molecular flexibility index (Phi) is 5.78. The van der Waals surface area contributed by atoms with E-state index >= 15 is 0 Å². The van der Waals surface area contributed by atoms with Crippen LogP contribution in [0.15, 0.2) is 53.5 Å². The van der Waals surface area contributed by atoms with E-state index in [4.69, 9.17) is 16.3 Å². The van der Waals surface area contributed by atoms with Gasteiger partial charge in [-0.1, -0.05) is 18.2 Å². The van der Waals surface area contributed by atoms with Gasteiger partial charge in [0.1, 0.15) is 11.9 Å². The van der Waals surface area contributed by atoms with Gasteiger partial charge in [0.05, 0.1) is 28.8 Å². The van der Waals surface area contributed by atoms with Crippen molar-refractivity contribution in [1.29, 1.82) is 0 Å². The largest absolute Gasteiger partial charge is 0.442 e. The number of rotatable bonds is 6. The van der Waals surface area contributed by atoms with Gasteiger partial charge < -0.3 is 15.0 Å². The smallest absolute Gasteiger partial charge is 0.414 e. The zero-order chi connectivity index (χ0) is 21.3. The number of cyclic esters (lactones) is 1. The minimum atomic E-state index is -0.425. The number of hydrogen-bond donors (Lipinski definition) is 1. The molecule has 1 atom stereocenters. The summed E-state index contributed by atoms with van der Waals surface area (Å²) in [6.45, 7) is 8.08. The molecule has 7 nitrogen and oxygen atoms in total. The second-order valence-electron chi connectivity index (χ2n) is 7.08. The number of aliphatic imine (C=N–C) groups is 1. The maximum atomic E-state index is 12.3. The van der Waals surface area contributed by atoms with E-state index in [9.17, 15) is 9.59 Å². The van der Waals surface area contributed by atoms with Gasteiger partial charge in [-0.15, -0.1) is 11.3 Å². The van der Waals surface area contributed by atoms with Crippen molar-refractivity contribution in [3.8, 4) is 0 Å². The zero-order valence-electron chi connectivity index (χ0n) is 16.4. The first-order valence-electron chi connectivity index (χ1n) is 9.52. The minimum absolute atomic E-state index is 0.230. The van der Waals surface area contributed by atoms with Crippen molar-refractivity contribution >= 4 is 52.1 Å². The first-order chi connectivity index (χ1) is 14.4. The standard InChI is InChI=1S/C21H21ClN4O3S/c1-13(2)19-23-9-10-25(19)14-3-5-15(6-4-14)26-12-16(29-21(26)28)11-24-20(27)17-7-8-18(22)30-17/h3-8,16H,1,9-12H2,2H3,(H,24,27)/t16-/m0/s1. The van der Waals surface area contributed by atoms with Crippen LogP contribution in [0.5, 0.6) is 0 Å². The molecule has 1 aromatic heterocycles. The number of thiophene rings is 1. The molecule has 4 rings (SSSR count). The molecule has 0 aliphatic carbocycles. The van der Waals surface area contributed by atoms with Gasteiger partial charge in [-0.2, -0.15) is 0 Å². The number of nitrogens with one attached hydrogen (secondary N) is 1. The van der Waals surface area contributed by atoms with Crippen LogP contribution >= 0.6 is 22.9 Å². The molecule has 0 saturated carbocycles. The lowest BCUT2D eigenvalue weighted by Gasteiger charge is -2.21. The Bertz CT molecular complexity index is 1020. The lowest BCUT2D eigenvalue weighted by Crippen LogP contribution is -2.34. The second kappa shape index (κ2) is 8.49. The van der Waals surface area contributed by atoms with Gasteiger partial charge >= 0.3 is 6.09 Å². The molecule has 1 aromatic carbocycles. The van der Waals surface area contributed by atoms with Crippen molar-refractivity contribution in [2.45, 2.75) is 13.0 Å². The average molecular weight is 445 g/mol. The van der Waals surface area contributed by atoms with Gasteiger partial charge in [-0.3, -0.25) is 14.7 Å². The van der Waals surface area contributed by atoms with Crippen LogP contribution in [0.4, 0.5) is 16.2 Å². The Labute approximate surface area is 183 Å². The van der Waals surface area contributed by atoms with Crippen molar-refractivity contribution < 1.29 is 14.3 Å². The van der Waals surface area contributed by atoms with E-state index in [1.54, 1.807) is 17.0 Å². The molecule has 1 saturated heterocycles. The fourth-order valence-electron chi connectivity index (χ4n) is 3.45. The average Bonchev–Trinajstić information content (AvgIpc) is 3.46. The molecule has 0 radical (unpaired) electrons. The van der Waals surface area contributed by atoms with Crippen LogP contribution in [-0.4, -0.2) is 50.1 Å². The third-order valence-electron chi connectivity index (χ3n) is 4.86. The normalized spacial score (nSPS) is 18.4. The van der Waals surface area contributed by atoms with Crippen molar-refractivity contribution in [1.82, 2.24) is 5.32 Å². The summed E-state index contributed by atoms with van der Waals surface area (Å²) in [5.41, 5.74) is 2.68. The first-order valence-corrected chi connectivity index (χ1v) is 10.7. The highest BCUT2D eigenvalue weighted by Crippen LogP contribution is 2.27. The van der Waals surface area contributed by atoms with E-state index < -0.39 is 12.2 Å². The number of anilines is 2. The predicted octanol–water partition coefficient (Wildman–Crippen LogP) is 3.95. The van der Waals surface area contributed by atoms with Gasteiger partial charge in [0.25, 0.3) is 5.91 Å². The van der Waals surface area contributed by atoms with E-state index in [0.717, 1.165) is 35.9 Å². The molecular weight excluding hydrogens is 424 g/mol. The summed E-state index contributed by atoms with van der Waals surface area (Å²) in [6, 6.07) is 11.0. The molecular formula is C21H21ClN4O3S. The summed E-state index contributed by atoms with van der Waals surface area (Å²) in [4.78, 5) is 33.2. The molecule has 1 N–H and O–H groups in total. The zero-order valence-corrected chi connectivity index (χ0v) is 18.0. The molecule has 156 valence electrons. The highest BCUT2D eigenvalue weighted by Gasteiger charge is 2.32. The van der Waals surface area contributed by atoms with Crippen molar-refractivity contribution in [2.75, 3.05) is 36.0 Å². The van der Waals surface area contributed by atoms with Gasteiger partial charge in [0, 0.05) is 17.9 Å². The van der Waals surface area contributed by atoms with E-state index in [2.05, 4.69) is 21.8 Å². The summed E-state index contributed by atoms with van der Waals surface area (Å²) in [5.74, 6) is 0.664. The summed E-state index contributed by atoms with van der Waals surface area (Å²) >= 11 is 7.07. The van der Waals surface area contributed by atoms with E-state index in [1.165, 1.54) is 11.3 Å². The molecule has 30 heavy (non-hydrogen) atoms. The number of amides is 2. The van der Waals surface area contributed by atoms with E-state index in [0.29, 0.717) is 15.8 Å². The Balaban J connectivity index is 1.36. The van der Waals surface area contributed by atoms with Gasteiger partial charge in [-0.25, -0.2) is 4.79 Å². The lowest BCUT2D eigenvalue weighted by molar-refractivity contribution is 0.0920. The third-order valence-corrected chi connectivity index (χ3v) is 6.09. The van der Waals surface area contributed by atoms with Gasteiger partial charge in [-0.05, 0) is 48.9 Å². The van der Waals surface area contributed by atoms with Crippen LogP contribution in [0.1, 0.15) is 16.6 Å². The molecule has 2 aliphatic heterocycles. The lowest BCUT2D eigenvalue weighted by atomic mass is 10.2. The maximum absolute atomic E-state index is 12.3. The molecule has 0 spiro atoms. The number of ether oxygens (including phenoxy) is 1. The Hall–Kier alpha value is -2.84. The van der Waals surface area contributed by atoms with Crippen LogP contribution < -0.4 is 15.1 Å². The van der Waals surface area contributed by atoms with Crippen LogP contribution in [0.3, 0.4) is 0 Å². The fourth-order valence-corrected chi connectivity index (χ4v) is 4.40. The van der Waals surface area contributed by atoms with E-state index in [1.807, 2.05) is 31.2 Å². The van der Waals surface area contributed by atoms with Crippen LogP contribution in [0.25, 0.3) is 0 Å². The number of benzene rings is 1. The van der Waals surface area contributed by atoms with Crippen molar-refractivity contribution in [3.63, 3.8) is 0 Å². The highest BCUT2D eigenvalue weighted by molar-refractivity contribution is 7.18. The van der Waals surface area contributed by atoms with Crippen molar-refractivity contribution in [3.05, 3.63) is 57.8 Å². The highest BCUT2D eigenvalue weighted by atomic mass is 35.5. The first kappa shape index (κ1) is 20.4. The Morgan fingerprint density at radius 1 is 1.27 bits per heavy atom. The molecule has 1 fully saturated rings. The number of amidine groups is 1. The number of carbonyl (C=O) groups is 2. The Morgan fingerprint density at radius 2 is 1.97 bits per heavy atom. The third kappa shape index (κ3) is 4.20. The number of carbonyl (C=O) groups excluding carboxylic acids is 2. The molecule has 3 heterocycles. The fraction of sp³-hybridized carbons (Fsp3) is 0.286. The number of hydrogen-bond acceptors (Lipinski definition) is 6. The summed E-state index contributed by atoms with van der Waals surface area (Å²) in [6.07, 6.45) is -0.844. The maximum Gasteiger partial charge on any atom is 0.414 e. The minimum Gasteiger partial charge on any atom is -0.442 e. The SMILES string of the molecule is C=C(C)C1=NCCN1c1ccc(N2C[C@H](CNC(=O)c3ccc(Cl)s3)OC2=O)cc1.